The minimum absolute atomic E-state index is 0.0133. The number of aliphatic hydroxyl groups excluding tert-OH is 2. The lowest BCUT2D eigenvalue weighted by Gasteiger charge is -2.16. The summed E-state index contributed by atoms with van der Waals surface area (Å²) in [7, 11) is 0. The quantitative estimate of drug-likeness (QED) is 0.0287. The highest BCUT2D eigenvalue weighted by Gasteiger charge is 2.22. The maximum absolute atomic E-state index is 12.3. The van der Waals surface area contributed by atoms with Gasteiger partial charge in [-0.15, -0.1) is 17.9 Å². The summed E-state index contributed by atoms with van der Waals surface area (Å²) < 4.78 is 5.74. The molecule has 65 heavy (non-hydrogen) atoms. The first-order valence-corrected chi connectivity index (χ1v) is 20.1. The van der Waals surface area contributed by atoms with Crippen molar-refractivity contribution in [2.75, 3.05) is 26.3 Å². The highest BCUT2D eigenvalue weighted by molar-refractivity contribution is 6.34. The number of carboxylic acid groups (broad SMARTS) is 1. The SMILES string of the molecule is NCC(=O)c1ccccc1.On1nnc2ccccc21.[2H]C#C.[C-]#[N+]c1ccc(C[C@H](CO)C(=O)NCC(=O)c2ccccc2)c(C)c1Cl.[C-]#[N+]c1ccc(C[C@H](CO)C(=O)O)c(C)c1Cl. The lowest BCUT2D eigenvalue weighted by molar-refractivity contribution is -0.143. The molecule has 0 bridgehead atoms. The number of halogens is 2. The smallest absolute Gasteiger partial charge is 0.309 e. The average Bonchev–Trinajstić information content (AvgIpc) is 3.72. The van der Waals surface area contributed by atoms with Gasteiger partial charge in [-0.1, -0.05) is 125 Å². The van der Waals surface area contributed by atoms with Crippen molar-refractivity contribution in [3.05, 3.63) is 175 Å². The molecule has 0 aliphatic carbocycles. The molecule has 0 aliphatic rings. The number of aromatic nitrogens is 3. The van der Waals surface area contributed by atoms with Gasteiger partial charge in [0.05, 0.1) is 61.3 Å². The minimum Gasteiger partial charge on any atom is -0.481 e. The molecular formula is C48H47Cl2N7O8. The Morgan fingerprint density at radius 3 is 1.65 bits per heavy atom. The van der Waals surface area contributed by atoms with Gasteiger partial charge in [-0.05, 0) is 66.3 Å². The fourth-order valence-electron chi connectivity index (χ4n) is 5.67. The van der Waals surface area contributed by atoms with Gasteiger partial charge in [0.1, 0.15) is 12.4 Å². The number of nitrogens with one attached hydrogen (secondary N) is 1. The van der Waals surface area contributed by atoms with Gasteiger partial charge in [-0.2, -0.15) is 0 Å². The molecule has 1 amide bonds. The summed E-state index contributed by atoms with van der Waals surface area (Å²) in [5.74, 6) is -3.20. The lowest BCUT2D eigenvalue weighted by Crippen LogP contribution is -2.37. The Morgan fingerprint density at radius 2 is 1.22 bits per heavy atom. The Balaban J connectivity index is 0.000000319. The van der Waals surface area contributed by atoms with Crippen molar-refractivity contribution in [1.82, 2.24) is 20.5 Å². The van der Waals surface area contributed by atoms with Crippen LogP contribution < -0.4 is 11.1 Å². The second-order valence-electron chi connectivity index (χ2n) is 13.6. The van der Waals surface area contributed by atoms with Crippen LogP contribution >= 0.6 is 23.2 Å². The molecule has 17 heteroatoms. The van der Waals surface area contributed by atoms with Crippen LogP contribution in [0, 0.1) is 51.7 Å². The van der Waals surface area contributed by atoms with E-state index in [9.17, 15) is 24.3 Å². The van der Waals surface area contributed by atoms with E-state index >= 15 is 0 Å². The van der Waals surface area contributed by atoms with Gasteiger partial charge < -0.3 is 31.6 Å². The molecule has 15 nitrogen and oxygen atoms in total. The largest absolute Gasteiger partial charge is 0.481 e. The number of carbonyl (C=O) groups excluding carboxylic acids is 3. The maximum Gasteiger partial charge on any atom is 0.309 e. The number of nitrogens with two attached hydrogens (primary N) is 1. The Hall–Kier alpha value is -7.42. The Kier molecular flexibility index (Phi) is 22.6. The monoisotopic (exact) mass is 920 g/mol. The molecule has 0 unspecified atom stereocenters. The Labute approximate surface area is 388 Å². The number of carboxylic acids is 1. The zero-order valence-corrected chi connectivity index (χ0v) is 36.9. The molecule has 0 saturated carbocycles. The highest BCUT2D eigenvalue weighted by Crippen LogP contribution is 2.32. The zero-order chi connectivity index (χ0) is 49.2. The molecule has 5 aromatic carbocycles. The molecule has 1 aromatic heterocycles. The number of nitrogens with zero attached hydrogens (tertiary/aromatic N) is 5. The number of benzene rings is 5. The molecule has 336 valence electrons. The molecule has 2 atom stereocenters. The van der Waals surface area contributed by atoms with Crippen molar-refractivity contribution in [3.63, 3.8) is 0 Å². The summed E-state index contributed by atoms with van der Waals surface area (Å²) in [5.41, 5.74) is 11.3. The summed E-state index contributed by atoms with van der Waals surface area (Å²) in [4.78, 5) is 53.4. The molecule has 6 aromatic rings. The van der Waals surface area contributed by atoms with E-state index in [1.54, 1.807) is 86.6 Å². The minimum atomic E-state index is -1.04. The van der Waals surface area contributed by atoms with Crippen LogP contribution in [0.25, 0.3) is 20.7 Å². The second kappa shape index (κ2) is 28.3. The number of aliphatic hydroxyl groups is 2. The van der Waals surface area contributed by atoms with Crippen LogP contribution in [0.1, 0.15) is 44.3 Å². The molecule has 0 aliphatic heterocycles. The zero-order valence-electron chi connectivity index (χ0n) is 36.4. The first-order valence-electron chi connectivity index (χ1n) is 19.9. The number of carbonyl (C=O) groups is 4. The molecule has 1 heterocycles. The van der Waals surface area contributed by atoms with Crippen molar-refractivity contribution in [2.24, 2.45) is 17.6 Å². The van der Waals surface area contributed by atoms with Gasteiger partial charge >= 0.3 is 5.97 Å². The van der Waals surface area contributed by atoms with E-state index in [2.05, 4.69) is 31.7 Å². The topological polar surface area (TPSA) is 227 Å². The van der Waals surface area contributed by atoms with Crippen LogP contribution in [0.5, 0.6) is 0 Å². The first-order chi connectivity index (χ1) is 31.6. The number of para-hydroxylation sites is 1. The van der Waals surface area contributed by atoms with E-state index < -0.39 is 30.3 Å². The van der Waals surface area contributed by atoms with Crippen molar-refractivity contribution in [3.8, 4) is 12.8 Å². The van der Waals surface area contributed by atoms with Crippen LogP contribution in [-0.2, 0) is 22.4 Å². The van der Waals surface area contributed by atoms with E-state index in [0.29, 0.717) is 54.7 Å². The van der Waals surface area contributed by atoms with E-state index in [1.165, 1.54) is 6.40 Å². The van der Waals surface area contributed by atoms with Gasteiger partial charge in [-0.3, -0.25) is 19.2 Å². The average molecular weight is 922 g/mol. The number of aliphatic carboxylic acids is 1. The fourth-order valence-corrected chi connectivity index (χ4v) is 6.13. The third-order valence-corrected chi connectivity index (χ3v) is 10.4. The fraction of sp³-hybridized carbons (Fsp3) is 0.208. The number of ketones is 2. The van der Waals surface area contributed by atoms with Crippen molar-refractivity contribution in [2.45, 2.75) is 26.7 Å². The molecule has 0 saturated heterocycles. The van der Waals surface area contributed by atoms with E-state index in [1.807, 2.05) is 36.4 Å². The van der Waals surface area contributed by atoms with Crippen LogP contribution in [0.4, 0.5) is 11.4 Å². The van der Waals surface area contributed by atoms with Crippen molar-refractivity contribution >= 4 is 69.1 Å². The summed E-state index contributed by atoms with van der Waals surface area (Å²) in [5, 5.41) is 46.7. The number of rotatable bonds is 13. The van der Waals surface area contributed by atoms with Gasteiger partial charge in [-0.25, -0.2) is 9.69 Å². The highest BCUT2D eigenvalue weighted by atomic mass is 35.5. The molecule has 0 fully saturated rings. The number of fused-ring (bicyclic) bond motifs is 1. The molecule has 0 spiro atoms. The van der Waals surface area contributed by atoms with E-state index in [-0.39, 0.29) is 44.1 Å². The van der Waals surface area contributed by atoms with Crippen molar-refractivity contribution in [1.29, 1.82) is 0 Å². The van der Waals surface area contributed by atoms with E-state index in [4.69, 9.17) is 58.9 Å². The lowest BCUT2D eigenvalue weighted by atomic mass is 9.95. The summed E-state index contributed by atoms with van der Waals surface area (Å²) >= 11 is 12.1. The molecule has 7 N–H and O–H groups in total. The third-order valence-electron chi connectivity index (χ3n) is 9.43. The molecular weight excluding hydrogens is 873 g/mol. The van der Waals surface area contributed by atoms with Crippen LogP contribution in [0.2, 0.25) is 10.0 Å². The van der Waals surface area contributed by atoms with Crippen molar-refractivity contribution < 1.29 is 41.1 Å². The summed E-state index contributed by atoms with van der Waals surface area (Å²) in [6.07, 6.45) is 6.24. The molecule has 0 radical (unpaired) electrons. The number of hydrogen-bond acceptors (Lipinski definition) is 10. The predicted octanol–water partition coefficient (Wildman–Crippen LogP) is 7.53. The number of hydrogen-bond donors (Lipinski definition) is 6. The summed E-state index contributed by atoms with van der Waals surface area (Å²) in [6, 6.07) is 31.5. The standard InChI is InChI=1S/C20H19ClN2O3.C12H12ClNO3.C8H9NO.C6H5N3O.C2H2/c1-13-15(8-9-17(22-2)19(13)21)10-16(12-24)20(26)23-11-18(25)14-6-4-3-5-7-14;1-7-8(5-9(6-15)12(16)17)3-4-10(14-2)11(7)13;9-6-8(10)7-4-2-1-3-5-7;10-9-6-4-2-1-3-5(6)7-8-9;1-2/h3-9,16,24H,10-12H2,1H3,(H,23,26);3-4,9,15H,5-6H2,1H3,(H,16,17);1-5H,6,9H2;1-4,10H;1-2H/t16-;9-;;;/m11.../s1/i;;;;1D. The second-order valence-corrected chi connectivity index (χ2v) is 14.3. The maximum atomic E-state index is 12.3. The number of terminal acetylenes is 1. The number of Topliss-reactive ketones (excluding diaryl/α,β-unsaturated/α-hetero) is 2. The normalized spacial score (nSPS) is 10.9. The molecule has 6 rings (SSSR count). The van der Waals surface area contributed by atoms with Crippen LogP contribution in [-0.4, -0.2) is 85.4 Å². The third kappa shape index (κ3) is 16.3. The van der Waals surface area contributed by atoms with Gasteiger partial charge in [0.25, 0.3) is 0 Å². The number of amides is 1. The van der Waals surface area contributed by atoms with Gasteiger partial charge in [0.15, 0.2) is 11.6 Å². The predicted molar refractivity (Wildman–Crippen MR) is 249 cm³/mol. The first kappa shape index (κ1) is 51.9. The Morgan fingerprint density at radius 1 is 0.769 bits per heavy atom. The van der Waals surface area contributed by atoms with E-state index in [0.717, 1.165) is 16.0 Å². The van der Waals surface area contributed by atoms with Crippen LogP contribution in [0.3, 0.4) is 0 Å². The van der Waals surface area contributed by atoms with Gasteiger partial charge in [0.2, 0.25) is 17.3 Å². The van der Waals surface area contributed by atoms with Gasteiger partial charge in [0, 0.05) is 11.1 Å². The van der Waals surface area contributed by atoms with Crippen LogP contribution in [0.15, 0.2) is 109 Å². The Bertz CT molecular complexity index is 2680. The summed E-state index contributed by atoms with van der Waals surface area (Å²) in [6.45, 7) is 16.7.